The quantitative estimate of drug-likeness (QED) is 0.801. The van der Waals surface area contributed by atoms with Gasteiger partial charge in [0.2, 0.25) is 0 Å². The molecule has 0 spiro atoms. The summed E-state index contributed by atoms with van der Waals surface area (Å²) in [6, 6.07) is 13.3. The number of aryl methyl sites for hydroxylation is 1. The van der Waals surface area contributed by atoms with E-state index in [2.05, 4.69) is 5.32 Å². The van der Waals surface area contributed by atoms with Gasteiger partial charge in [0.05, 0.1) is 5.02 Å². The second-order valence-electron chi connectivity index (χ2n) is 4.22. The van der Waals surface area contributed by atoms with Gasteiger partial charge in [0, 0.05) is 17.3 Å². The van der Waals surface area contributed by atoms with Gasteiger partial charge >= 0.3 is 0 Å². The zero-order valence-corrected chi connectivity index (χ0v) is 12.1. The molecule has 2 aromatic rings. The van der Waals surface area contributed by atoms with Crippen molar-refractivity contribution in [3.63, 3.8) is 0 Å². The van der Waals surface area contributed by atoms with Crippen LogP contribution in [0, 0.1) is 6.92 Å². The summed E-state index contributed by atoms with van der Waals surface area (Å²) in [6.07, 6.45) is 0. The fraction of sp³-hybridized carbons (Fsp3) is 0.200. The van der Waals surface area contributed by atoms with E-state index in [9.17, 15) is 0 Å². The van der Waals surface area contributed by atoms with Gasteiger partial charge < -0.3 is 10.1 Å². The number of hydrogen-bond acceptors (Lipinski definition) is 2. The van der Waals surface area contributed by atoms with E-state index >= 15 is 0 Å². The molecule has 0 radical (unpaired) electrons. The normalized spacial score (nSPS) is 10.3. The number of anilines is 1. The SMILES string of the molecule is Cc1ccc(OCCNc2cccc(Cl)c2)c(Cl)c1. The Labute approximate surface area is 123 Å². The highest BCUT2D eigenvalue weighted by atomic mass is 35.5. The average molecular weight is 296 g/mol. The molecule has 0 atom stereocenters. The number of ether oxygens (including phenoxy) is 1. The second kappa shape index (κ2) is 6.69. The van der Waals surface area contributed by atoms with E-state index in [4.69, 9.17) is 27.9 Å². The van der Waals surface area contributed by atoms with E-state index in [-0.39, 0.29) is 0 Å². The van der Waals surface area contributed by atoms with E-state index in [0.717, 1.165) is 11.3 Å². The summed E-state index contributed by atoms with van der Waals surface area (Å²) >= 11 is 12.0. The first-order valence-corrected chi connectivity index (χ1v) is 6.79. The number of halogens is 2. The minimum absolute atomic E-state index is 0.537. The summed E-state index contributed by atoms with van der Waals surface area (Å²) < 4.78 is 5.62. The molecule has 1 N–H and O–H groups in total. The van der Waals surface area contributed by atoms with E-state index in [0.29, 0.717) is 28.9 Å². The fourth-order valence-electron chi connectivity index (χ4n) is 1.68. The molecule has 2 aromatic carbocycles. The molecule has 2 rings (SSSR count). The molecule has 0 saturated carbocycles. The van der Waals surface area contributed by atoms with Crippen LogP contribution in [-0.4, -0.2) is 13.2 Å². The van der Waals surface area contributed by atoms with Gasteiger partial charge in [-0.3, -0.25) is 0 Å². The standard InChI is InChI=1S/C15H15Cl2NO/c1-11-5-6-15(14(17)9-11)19-8-7-18-13-4-2-3-12(16)10-13/h2-6,9-10,18H,7-8H2,1H3. The largest absolute Gasteiger partial charge is 0.490 e. The van der Waals surface area contributed by atoms with Crippen molar-refractivity contribution in [1.29, 1.82) is 0 Å². The van der Waals surface area contributed by atoms with Crippen LogP contribution in [0.1, 0.15) is 5.56 Å². The first kappa shape index (κ1) is 14.0. The van der Waals surface area contributed by atoms with Gasteiger partial charge in [0.15, 0.2) is 0 Å². The van der Waals surface area contributed by atoms with Crippen molar-refractivity contribution in [1.82, 2.24) is 0 Å². The molecule has 0 amide bonds. The Hall–Kier alpha value is -1.38. The maximum atomic E-state index is 6.08. The molecule has 0 bridgehead atoms. The third kappa shape index (κ3) is 4.34. The molecule has 2 nitrogen and oxygen atoms in total. The molecular weight excluding hydrogens is 281 g/mol. The first-order chi connectivity index (χ1) is 9.15. The lowest BCUT2D eigenvalue weighted by atomic mass is 10.2. The Morgan fingerprint density at radius 3 is 2.68 bits per heavy atom. The molecule has 0 saturated heterocycles. The Kier molecular flexibility index (Phi) is 4.94. The molecule has 0 unspecified atom stereocenters. The predicted molar refractivity (Wildman–Crippen MR) is 81.6 cm³/mol. The lowest BCUT2D eigenvalue weighted by molar-refractivity contribution is 0.333. The fourth-order valence-corrected chi connectivity index (χ4v) is 2.16. The topological polar surface area (TPSA) is 21.3 Å². The van der Waals surface area contributed by atoms with Crippen molar-refractivity contribution in [2.45, 2.75) is 6.92 Å². The molecule has 0 aliphatic heterocycles. The second-order valence-corrected chi connectivity index (χ2v) is 5.06. The van der Waals surface area contributed by atoms with Gasteiger partial charge in [-0.2, -0.15) is 0 Å². The average Bonchev–Trinajstić information content (AvgIpc) is 2.37. The summed E-state index contributed by atoms with van der Waals surface area (Å²) in [5.74, 6) is 0.708. The smallest absolute Gasteiger partial charge is 0.137 e. The maximum Gasteiger partial charge on any atom is 0.137 e. The third-order valence-electron chi connectivity index (χ3n) is 2.60. The lowest BCUT2D eigenvalue weighted by Crippen LogP contribution is -2.11. The molecule has 0 aliphatic rings. The number of benzene rings is 2. The Bertz CT molecular complexity index is 558. The highest BCUT2D eigenvalue weighted by Gasteiger charge is 2.01. The zero-order valence-electron chi connectivity index (χ0n) is 10.6. The van der Waals surface area contributed by atoms with Crippen molar-refractivity contribution in [2.24, 2.45) is 0 Å². The summed E-state index contributed by atoms with van der Waals surface area (Å²) in [7, 11) is 0. The van der Waals surface area contributed by atoms with Crippen LogP contribution in [0.5, 0.6) is 5.75 Å². The third-order valence-corrected chi connectivity index (χ3v) is 3.13. The highest BCUT2D eigenvalue weighted by molar-refractivity contribution is 6.32. The Morgan fingerprint density at radius 1 is 1.11 bits per heavy atom. The lowest BCUT2D eigenvalue weighted by Gasteiger charge is -2.10. The Balaban J connectivity index is 1.81. The van der Waals surface area contributed by atoms with Crippen molar-refractivity contribution in [3.05, 3.63) is 58.1 Å². The van der Waals surface area contributed by atoms with Crippen LogP contribution in [0.15, 0.2) is 42.5 Å². The monoisotopic (exact) mass is 295 g/mol. The minimum atomic E-state index is 0.537. The van der Waals surface area contributed by atoms with Gasteiger partial charge in [0.1, 0.15) is 12.4 Å². The van der Waals surface area contributed by atoms with Crippen LogP contribution < -0.4 is 10.1 Å². The number of rotatable bonds is 5. The predicted octanol–water partition coefficient (Wildman–Crippen LogP) is 4.79. The minimum Gasteiger partial charge on any atom is -0.490 e. The molecule has 0 aromatic heterocycles. The van der Waals surface area contributed by atoms with Crippen LogP contribution in [0.3, 0.4) is 0 Å². The summed E-state index contributed by atoms with van der Waals surface area (Å²) in [4.78, 5) is 0. The van der Waals surface area contributed by atoms with Gasteiger partial charge in [-0.1, -0.05) is 35.3 Å². The number of nitrogens with one attached hydrogen (secondary N) is 1. The van der Waals surface area contributed by atoms with Crippen LogP contribution >= 0.6 is 23.2 Å². The van der Waals surface area contributed by atoms with Crippen molar-refractivity contribution in [2.75, 3.05) is 18.5 Å². The first-order valence-electron chi connectivity index (χ1n) is 6.03. The zero-order chi connectivity index (χ0) is 13.7. The highest BCUT2D eigenvalue weighted by Crippen LogP contribution is 2.25. The maximum absolute atomic E-state index is 6.08. The van der Waals surface area contributed by atoms with Crippen molar-refractivity contribution < 1.29 is 4.74 Å². The molecule has 100 valence electrons. The van der Waals surface area contributed by atoms with Crippen LogP contribution in [0.4, 0.5) is 5.69 Å². The van der Waals surface area contributed by atoms with Crippen LogP contribution in [0.25, 0.3) is 0 Å². The van der Waals surface area contributed by atoms with Gasteiger partial charge in [-0.25, -0.2) is 0 Å². The molecule has 4 heteroatoms. The van der Waals surface area contributed by atoms with E-state index in [1.54, 1.807) is 0 Å². The molecule has 0 aliphatic carbocycles. The molecule has 19 heavy (non-hydrogen) atoms. The van der Waals surface area contributed by atoms with Gasteiger partial charge in [-0.15, -0.1) is 0 Å². The van der Waals surface area contributed by atoms with Crippen molar-refractivity contribution in [3.8, 4) is 5.75 Å². The van der Waals surface area contributed by atoms with Gasteiger partial charge in [-0.05, 0) is 42.8 Å². The van der Waals surface area contributed by atoms with E-state index in [1.165, 1.54) is 0 Å². The molecule has 0 heterocycles. The molecule has 0 fully saturated rings. The number of hydrogen-bond donors (Lipinski definition) is 1. The Morgan fingerprint density at radius 2 is 1.95 bits per heavy atom. The van der Waals surface area contributed by atoms with Crippen LogP contribution in [-0.2, 0) is 0 Å². The molecular formula is C15H15Cl2NO. The van der Waals surface area contributed by atoms with E-state index < -0.39 is 0 Å². The van der Waals surface area contributed by atoms with Crippen molar-refractivity contribution >= 4 is 28.9 Å². The summed E-state index contributed by atoms with van der Waals surface area (Å²) in [5.41, 5.74) is 2.10. The van der Waals surface area contributed by atoms with E-state index in [1.807, 2.05) is 49.4 Å². The van der Waals surface area contributed by atoms with Gasteiger partial charge in [0.25, 0.3) is 0 Å². The summed E-state index contributed by atoms with van der Waals surface area (Å²) in [5, 5.41) is 4.59. The summed E-state index contributed by atoms with van der Waals surface area (Å²) in [6.45, 7) is 3.22. The van der Waals surface area contributed by atoms with Crippen LogP contribution in [0.2, 0.25) is 10.0 Å².